The largest absolute Gasteiger partial charge is 0.381 e. The molecule has 1 unspecified atom stereocenters. The first-order valence-electron chi connectivity index (χ1n) is 10.4. The zero-order valence-corrected chi connectivity index (χ0v) is 16.5. The molecule has 5 atom stereocenters. The molecule has 3 aliphatic rings. The van der Waals surface area contributed by atoms with Gasteiger partial charge in [0, 0.05) is 42.8 Å². The highest BCUT2D eigenvalue weighted by molar-refractivity contribution is 7.13. The van der Waals surface area contributed by atoms with Crippen LogP contribution < -0.4 is 10.6 Å². The third-order valence-electron chi connectivity index (χ3n) is 6.93. The van der Waals surface area contributed by atoms with E-state index < -0.39 is 0 Å². The van der Waals surface area contributed by atoms with Crippen molar-refractivity contribution < 1.29 is 4.74 Å². The minimum atomic E-state index is 0.571. The van der Waals surface area contributed by atoms with Gasteiger partial charge in [-0.2, -0.15) is 0 Å². The molecule has 144 valence electrons. The standard InChI is InChI=1S/C22H29N3OS/c1-2-4-15(5-3-1)20(16-6-9-26-10-7-16)21-19-13-18(12-17(19)14-24-21)25-22-23-8-11-27-22/h1-5,8,11,16-21,24H,6-7,9-10,12-14H2,(H,23,25)/t17-,18+,19+,20?,21+/m1/s1. The summed E-state index contributed by atoms with van der Waals surface area (Å²) in [7, 11) is 0. The number of fused-ring (bicyclic) bond motifs is 1. The van der Waals surface area contributed by atoms with Gasteiger partial charge in [-0.15, -0.1) is 11.3 Å². The first kappa shape index (κ1) is 17.7. The molecule has 27 heavy (non-hydrogen) atoms. The molecule has 1 aliphatic carbocycles. The van der Waals surface area contributed by atoms with Crippen molar-refractivity contribution in [1.29, 1.82) is 0 Å². The van der Waals surface area contributed by atoms with E-state index in [4.69, 9.17) is 4.74 Å². The molecule has 0 spiro atoms. The molecule has 0 amide bonds. The van der Waals surface area contributed by atoms with Crippen LogP contribution >= 0.6 is 11.3 Å². The van der Waals surface area contributed by atoms with Crippen LogP contribution in [0.4, 0.5) is 5.13 Å². The monoisotopic (exact) mass is 383 g/mol. The lowest BCUT2D eigenvalue weighted by Gasteiger charge is -2.37. The van der Waals surface area contributed by atoms with E-state index in [9.17, 15) is 0 Å². The highest BCUT2D eigenvalue weighted by atomic mass is 32.1. The van der Waals surface area contributed by atoms with Crippen molar-refractivity contribution in [3.05, 3.63) is 47.5 Å². The van der Waals surface area contributed by atoms with E-state index in [1.807, 2.05) is 6.20 Å². The Kier molecular flexibility index (Phi) is 5.16. The second kappa shape index (κ2) is 7.90. The van der Waals surface area contributed by atoms with E-state index in [1.54, 1.807) is 11.3 Å². The van der Waals surface area contributed by atoms with E-state index in [-0.39, 0.29) is 0 Å². The molecule has 5 rings (SSSR count). The van der Waals surface area contributed by atoms with Gasteiger partial charge in [-0.25, -0.2) is 4.98 Å². The van der Waals surface area contributed by atoms with Crippen molar-refractivity contribution in [2.75, 3.05) is 25.1 Å². The molecule has 3 fully saturated rings. The maximum atomic E-state index is 5.67. The van der Waals surface area contributed by atoms with E-state index in [0.29, 0.717) is 18.0 Å². The smallest absolute Gasteiger partial charge is 0.182 e. The quantitative estimate of drug-likeness (QED) is 0.815. The SMILES string of the molecule is c1ccc(C(C2CCOCC2)[C@H]2NC[C@H]3C[C@H](Nc4nccs4)C[C@@H]32)cc1. The molecule has 3 heterocycles. The Balaban J connectivity index is 1.36. The molecule has 0 radical (unpaired) electrons. The normalized spacial score (nSPS) is 32.3. The number of rotatable bonds is 5. The number of nitrogens with zero attached hydrogens (tertiary/aromatic N) is 1. The van der Waals surface area contributed by atoms with Crippen LogP contribution in [0, 0.1) is 17.8 Å². The predicted octanol–water partition coefficient (Wildman–Crippen LogP) is 4.13. The number of nitrogens with one attached hydrogen (secondary N) is 2. The molecule has 4 nitrogen and oxygen atoms in total. The van der Waals surface area contributed by atoms with Crippen LogP contribution in [0.2, 0.25) is 0 Å². The predicted molar refractivity (Wildman–Crippen MR) is 110 cm³/mol. The van der Waals surface area contributed by atoms with Gasteiger partial charge in [0.15, 0.2) is 5.13 Å². The lowest BCUT2D eigenvalue weighted by molar-refractivity contribution is 0.0511. The van der Waals surface area contributed by atoms with Gasteiger partial charge in [0.2, 0.25) is 0 Å². The lowest BCUT2D eigenvalue weighted by Crippen LogP contribution is -2.40. The van der Waals surface area contributed by atoms with E-state index >= 15 is 0 Å². The summed E-state index contributed by atoms with van der Waals surface area (Å²) >= 11 is 1.71. The van der Waals surface area contributed by atoms with Crippen LogP contribution in [0.1, 0.15) is 37.2 Å². The molecule has 5 heteroatoms. The number of benzene rings is 1. The Labute approximate surface area is 165 Å². The fraction of sp³-hybridized carbons (Fsp3) is 0.591. The zero-order chi connectivity index (χ0) is 18.1. The van der Waals surface area contributed by atoms with Crippen LogP contribution in [-0.4, -0.2) is 36.8 Å². The molecular formula is C22H29N3OS. The minimum absolute atomic E-state index is 0.571. The van der Waals surface area contributed by atoms with Crippen LogP contribution in [0.5, 0.6) is 0 Å². The molecule has 2 N–H and O–H groups in total. The number of thiazole rings is 1. The average molecular weight is 384 g/mol. The molecule has 1 aromatic carbocycles. The summed E-state index contributed by atoms with van der Waals surface area (Å²) in [5, 5.41) is 10.8. The van der Waals surface area contributed by atoms with E-state index in [1.165, 1.54) is 31.2 Å². The average Bonchev–Trinajstić information content (AvgIpc) is 3.43. The molecule has 1 aromatic heterocycles. The van der Waals surface area contributed by atoms with Crippen LogP contribution in [0.3, 0.4) is 0 Å². The fourth-order valence-corrected chi connectivity index (χ4v) is 6.38. The van der Waals surface area contributed by atoms with Gasteiger partial charge in [0.1, 0.15) is 0 Å². The third kappa shape index (κ3) is 3.65. The number of hydrogen-bond donors (Lipinski definition) is 2. The van der Waals surface area contributed by atoms with Gasteiger partial charge in [0.05, 0.1) is 0 Å². The number of anilines is 1. The Hall–Kier alpha value is -1.43. The van der Waals surface area contributed by atoms with Gasteiger partial charge in [-0.05, 0) is 55.5 Å². The second-order valence-corrected chi connectivity index (χ2v) is 9.29. The summed E-state index contributed by atoms with van der Waals surface area (Å²) in [4.78, 5) is 4.43. The maximum Gasteiger partial charge on any atom is 0.182 e. The van der Waals surface area contributed by atoms with E-state index in [2.05, 4.69) is 51.3 Å². The number of ether oxygens (including phenoxy) is 1. The van der Waals surface area contributed by atoms with Gasteiger partial charge < -0.3 is 15.4 Å². The molecule has 2 aliphatic heterocycles. The van der Waals surface area contributed by atoms with Gasteiger partial charge in [-0.1, -0.05) is 30.3 Å². The Morgan fingerprint density at radius 2 is 2.00 bits per heavy atom. The molecule has 0 bridgehead atoms. The molecular weight excluding hydrogens is 354 g/mol. The van der Waals surface area contributed by atoms with E-state index in [0.717, 1.165) is 42.6 Å². The number of hydrogen-bond acceptors (Lipinski definition) is 5. The molecule has 1 saturated carbocycles. The van der Waals surface area contributed by atoms with Crippen molar-refractivity contribution in [2.24, 2.45) is 17.8 Å². The number of aromatic nitrogens is 1. The van der Waals surface area contributed by atoms with Gasteiger partial charge >= 0.3 is 0 Å². The van der Waals surface area contributed by atoms with Crippen molar-refractivity contribution >= 4 is 16.5 Å². The summed E-state index contributed by atoms with van der Waals surface area (Å²) in [5.74, 6) is 2.88. The van der Waals surface area contributed by atoms with Gasteiger partial charge in [-0.3, -0.25) is 0 Å². The van der Waals surface area contributed by atoms with Crippen LogP contribution in [-0.2, 0) is 4.74 Å². The maximum absolute atomic E-state index is 5.67. The topological polar surface area (TPSA) is 46.2 Å². The highest BCUT2D eigenvalue weighted by Crippen LogP contribution is 2.47. The Bertz CT molecular complexity index is 716. The van der Waals surface area contributed by atoms with Crippen LogP contribution in [0.25, 0.3) is 0 Å². The minimum Gasteiger partial charge on any atom is -0.381 e. The Morgan fingerprint density at radius 3 is 2.78 bits per heavy atom. The zero-order valence-electron chi connectivity index (χ0n) is 15.7. The summed E-state index contributed by atoms with van der Waals surface area (Å²) < 4.78 is 5.67. The molecule has 2 aromatic rings. The summed E-state index contributed by atoms with van der Waals surface area (Å²) in [5.41, 5.74) is 1.51. The Morgan fingerprint density at radius 1 is 1.15 bits per heavy atom. The molecule has 2 saturated heterocycles. The van der Waals surface area contributed by atoms with Crippen molar-refractivity contribution in [2.45, 2.75) is 43.7 Å². The summed E-state index contributed by atoms with van der Waals surface area (Å²) in [6.07, 6.45) is 6.80. The first-order chi connectivity index (χ1) is 13.4. The highest BCUT2D eigenvalue weighted by Gasteiger charge is 2.48. The second-order valence-electron chi connectivity index (χ2n) is 8.39. The fourth-order valence-electron chi connectivity index (χ4n) is 5.77. The summed E-state index contributed by atoms with van der Waals surface area (Å²) in [6, 6.07) is 12.4. The first-order valence-corrected chi connectivity index (χ1v) is 11.3. The lowest BCUT2D eigenvalue weighted by atomic mass is 9.72. The van der Waals surface area contributed by atoms with Gasteiger partial charge in [0.25, 0.3) is 0 Å². The van der Waals surface area contributed by atoms with Crippen LogP contribution in [0.15, 0.2) is 41.9 Å². The summed E-state index contributed by atoms with van der Waals surface area (Å²) in [6.45, 7) is 3.00. The van der Waals surface area contributed by atoms with Crippen molar-refractivity contribution in [3.8, 4) is 0 Å². The van der Waals surface area contributed by atoms with Crippen molar-refractivity contribution in [3.63, 3.8) is 0 Å². The van der Waals surface area contributed by atoms with Crippen molar-refractivity contribution in [1.82, 2.24) is 10.3 Å². The third-order valence-corrected chi connectivity index (χ3v) is 7.64.